The fraction of sp³-hybridized carbons (Fsp3) is 0.308. The minimum absolute atomic E-state index is 0.119. The highest BCUT2D eigenvalue weighted by molar-refractivity contribution is 8.14. The van der Waals surface area contributed by atoms with Crippen LogP contribution in [0.3, 0.4) is 0 Å². The number of imide groups is 1. The molecule has 1 aliphatic heterocycles. The Balaban J connectivity index is 1.30. The van der Waals surface area contributed by atoms with Crippen molar-refractivity contribution >= 4 is 33.7 Å². The number of rotatable bonds is 10. The van der Waals surface area contributed by atoms with Crippen molar-refractivity contribution in [1.82, 2.24) is 4.90 Å². The van der Waals surface area contributed by atoms with Crippen molar-refractivity contribution in [2.24, 2.45) is 0 Å². The van der Waals surface area contributed by atoms with Crippen LogP contribution in [0.25, 0.3) is 10.8 Å². The fourth-order valence-electron chi connectivity index (χ4n) is 3.91. The van der Waals surface area contributed by atoms with Gasteiger partial charge in [-0.1, -0.05) is 85.3 Å². The number of aryl methyl sites for hydroxylation is 1. The van der Waals surface area contributed by atoms with Crippen LogP contribution < -0.4 is 4.74 Å². The Bertz CT molecular complexity index is 1030. The largest absolute Gasteiger partial charge is 0.493 e. The normalized spacial score (nSPS) is 13.9. The summed E-state index contributed by atoms with van der Waals surface area (Å²) in [5, 5.41) is 1.89. The molecule has 2 amide bonds. The van der Waals surface area contributed by atoms with Gasteiger partial charge < -0.3 is 4.74 Å². The van der Waals surface area contributed by atoms with Crippen molar-refractivity contribution in [3.8, 4) is 5.75 Å². The SMILES string of the molecule is O=C1CSC(=O)N1Cc1ccc(OCCCCCCc2ccccc2)c2ccccc12. The molecule has 3 aromatic carbocycles. The number of unbranched alkanes of at least 4 members (excludes halogenated alkanes) is 3. The van der Waals surface area contributed by atoms with E-state index in [2.05, 4.69) is 30.3 Å². The summed E-state index contributed by atoms with van der Waals surface area (Å²) >= 11 is 1.07. The first-order valence-electron chi connectivity index (χ1n) is 10.9. The standard InChI is InChI=1S/C26H27NO3S/c28-25-19-31-26(29)27(25)18-21-15-16-24(23-14-8-7-13-22(21)23)30-17-9-2-1-4-10-20-11-5-3-6-12-20/h3,5-8,11-16H,1-2,4,9-10,17-19H2. The topological polar surface area (TPSA) is 46.6 Å². The van der Waals surface area contributed by atoms with E-state index in [1.807, 2.05) is 36.4 Å². The summed E-state index contributed by atoms with van der Waals surface area (Å²) < 4.78 is 6.10. The quantitative estimate of drug-likeness (QED) is 0.356. The lowest BCUT2D eigenvalue weighted by molar-refractivity contribution is -0.124. The zero-order valence-electron chi connectivity index (χ0n) is 17.6. The van der Waals surface area contributed by atoms with E-state index in [4.69, 9.17) is 4.74 Å². The minimum Gasteiger partial charge on any atom is -0.493 e. The molecule has 5 heteroatoms. The summed E-state index contributed by atoms with van der Waals surface area (Å²) in [5.41, 5.74) is 2.37. The molecule has 1 fully saturated rings. The molecule has 1 saturated heterocycles. The molecular formula is C26H27NO3S. The van der Waals surface area contributed by atoms with Crippen molar-refractivity contribution in [2.45, 2.75) is 38.6 Å². The lowest BCUT2D eigenvalue weighted by Crippen LogP contribution is -2.28. The lowest BCUT2D eigenvalue weighted by Gasteiger charge is -2.16. The summed E-state index contributed by atoms with van der Waals surface area (Å²) in [6.07, 6.45) is 5.72. The maximum absolute atomic E-state index is 12.0. The molecule has 31 heavy (non-hydrogen) atoms. The molecule has 0 aromatic heterocycles. The van der Waals surface area contributed by atoms with Crippen LogP contribution in [0.15, 0.2) is 66.7 Å². The molecule has 3 aromatic rings. The van der Waals surface area contributed by atoms with Gasteiger partial charge in [-0.25, -0.2) is 0 Å². The summed E-state index contributed by atoms with van der Waals surface area (Å²) in [5.74, 6) is 0.979. The predicted molar refractivity (Wildman–Crippen MR) is 126 cm³/mol. The Morgan fingerprint density at radius 3 is 2.32 bits per heavy atom. The Morgan fingerprint density at radius 1 is 0.806 bits per heavy atom. The molecule has 0 N–H and O–H groups in total. The second kappa shape index (κ2) is 10.5. The van der Waals surface area contributed by atoms with Gasteiger partial charge in [-0.3, -0.25) is 14.5 Å². The average molecular weight is 434 g/mol. The van der Waals surface area contributed by atoms with E-state index in [0.29, 0.717) is 13.2 Å². The van der Waals surface area contributed by atoms with Crippen LogP contribution in [0.5, 0.6) is 5.75 Å². The molecular weight excluding hydrogens is 406 g/mol. The molecule has 1 heterocycles. The van der Waals surface area contributed by atoms with Crippen LogP contribution in [0.2, 0.25) is 0 Å². The Kier molecular flexibility index (Phi) is 7.26. The minimum atomic E-state index is -0.165. The van der Waals surface area contributed by atoms with Crippen molar-refractivity contribution < 1.29 is 14.3 Å². The van der Waals surface area contributed by atoms with Crippen molar-refractivity contribution in [3.05, 3.63) is 77.9 Å². The van der Waals surface area contributed by atoms with Gasteiger partial charge in [0.1, 0.15) is 5.75 Å². The molecule has 1 aliphatic rings. The van der Waals surface area contributed by atoms with E-state index >= 15 is 0 Å². The number of ether oxygens (including phenoxy) is 1. The van der Waals surface area contributed by atoms with Gasteiger partial charge in [0.05, 0.1) is 18.9 Å². The number of thioether (sulfide) groups is 1. The third-order valence-corrected chi connectivity index (χ3v) is 6.46. The first-order chi connectivity index (χ1) is 15.2. The van der Waals surface area contributed by atoms with Crippen molar-refractivity contribution in [2.75, 3.05) is 12.4 Å². The number of carbonyl (C=O) groups excluding carboxylic acids is 2. The molecule has 0 atom stereocenters. The first kappa shape index (κ1) is 21.4. The molecule has 0 unspecified atom stereocenters. The zero-order valence-corrected chi connectivity index (χ0v) is 18.4. The van der Waals surface area contributed by atoms with Gasteiger partial charge >= 0.3 is 0 Å². The second-order valence-corrected chi connectivity index (χ2v) is 8.73. The van der Waals surface area contributed by atoms with E-state index in [1.54, 1.807) is 0 Å². The van der Waals surface area contributed by atoms with Crippen LogP contribution in [-0.2, 0) is 17.8 Å². The summed E-state index contributed by atoms with van der Waals surface area (Å²) in [4.78, 5) is 25.3. The first-order valence-corrected chi connectivity index (χ1v) is 11.9. The molecule has 160 valence electrons. The van der Waals surface area contributed by atoms with E-state index in [-0.39, 0.29) is 16.9 Å². The van der Waals surface area contributed by atoms with Crippen LogP contribution >= 0.6 is 11.8 Å². The summed E-state index contributed by atoms with van der Waals surface area (Å²) in [6, 6.07) is 22.6. The molecule has 0 radical (unpaired) electrons. The van der Waals surface area contributed by atoms with Gasteiger partial charge in [-0.2, -0.15) is 0 Å². The second-order valence-electron chi connectivity index (χ2n) is 7.80. The number of nitrogens with zero attached hydrogens (tertiary/aromatic N) is 1. The van der Waals surface area contributed by atoms with Gasteiger partial charge in [-0.15, -0.1) is 0 Å². The third kappa shape index (κ3) is 5.47. The van der Waals surface area contributed by atoms with Crippen molar-refractivity contribution in [3.63, 3.8) is 0 Å². The molecule has 0 saturated carbocycles. The predicted octanol–water partition coefficient (Wildman–Crippen LogP) is 6.22. The maximum atomic E-state index is 12.0. The van der Waals surface area contributed by atoms with Crippen LogP contribution in [0, 0.1) is 0 Å². The average Bonchev–Trinajstić information content (AvgIpc) is 3.12. The van der Waals surface area contributed by atoms with Crippen LogP contribution in [0.1, 0.15) is 36.8 Å². The van der Waals surface area contributed by atoms with E-state index < -0.39 is 0 Å². The van der Waals surface area contributed by atoms with Gasteiger partial charge in [-0.05, 0) is 41.8 Å². The lowest BCUT2D eigenvalue weighted by atomic mass is 10.0. The highest BCUT2D eigenvalue weighted by Gasteiger charge is 2.30. The number of benzene rings is 3. The highest BCUT2D eigenvalue weighted by atomic mass is 32.2. The summed E-state index contributed by atoms with van der Waals surface area (Å²) in [6.45, 7) is 1.00. The monoisotopic (exact) mass is 433 g/mol. The van der Waals surface area contributed by atoms with Crippen molar-refractivity contribution in [1.29, 1.82) is 0 Å². The van der Waals surface area contributed by atoms with E-state index in [1.165, 1.54) is 23.3 Å². The molecule has 0 spiro atoms. The van der Waals surface area contributed by atoms with Gasteiger partial charge in [0.15, 0.2) is 0 Å². The Labute approximate surface area is 187 Å². The number of amides is 2. The number of hydrogen-bond donors (Lipinski definition) is 0. The summed E-state index contributed by atoms with van der Waals surface area (Å²) in [7, 11) is 0. The van der Waals surface area contributed by atoms with Crippen LogP contribution in [0.4, 0.5) is 4.79 Å². The maximum Gasteiger partial charge on any atom is 0.289 e. The molecule has 4 nitrogen and oxygen atoms in total. The fourth-order valence-corrected chi connectivity index (χ4v) is 4.64. The molecule has 0 aliphatic carbocycles. The van der Waals surface area contributed by atoms with E-state index in [0.717, 1.165) is 53.1 Å². The highest BCUT2D eigenvalue weighted by Crippen LogP contribution is 2.31. The van der Waals surface area contributed by atoms with E-state index in [9.17, 15) is 9.59 Å². The molecule has 0 bridgehead atoms. The van der Waals surface area contributed by atoms with Gasteiger partial charge in [0.2, 0.25) is 5.91 Å². The Hall–Kier alpha value is -2.79. The third-order valence-electron chi connectivity index (χ3n) is 5.60. The van der Waals surface area contributed by atoms with Crippen LogP contribution in [-0.4, -0.2) is 28.4 Å². The molecule has 4 rings (SSSR count). The number of carbonyl (C=O) groups is 2. The number of fused-ring (bicyclic) bond motifs is 1. The smallest absolute Gasteiger partial charge is 0.289 e. The van der Waals surface area contributed by atoms with Gasteiger partial charge in [0, 0.05) is 5.39 Å². The zero-order chi connectivity index (χ0) is 21.5. The Morgan fingerprint density at radius 2 is 1.55 bits per heavy atom. The van der Waals surface area contributed by atoms with Gasteiger partial charge in [0.25, 0.3) is 5.24 Å². The number of hydrogen-bond acceptors (Lipinski definition) is 4.